The fourth-order valence-corrected chi connectivity index (χ4v) is 3.90. The zero-order chi connectivity index (χ0) is 19.6. The molecule has 2 fully saturated rings. The standard InChI is InChI=1S/C20H33ClN6O.HI/c1-2-22-20(24-8-3-4-10-26-12-14-28-15-13-26)25-17-7-11-27(16-17)19-18(21)6-5-9-23-19;/h5-6,9,17H,2-4,7-8,10-16H2,1H3,(H2,22,24,25);1H. The van der Waals surface area contributed by atoms with Gasteiger partial charge in [-0.15, -0.1) is 24.0 Å². The number of aliphatic imine (C=N–C) groups is 1. The first-order valence-corrected chi connectivity index (χ1v) is 10.8. The number of nitrogens with one attached hydrogen (secondary N) is 2. The number of nitrogens with zero attached hydrogens (tertiary/aromatic N) is 4. The predicted molar refractivity (Wildman–Crippen MR) is 131 cm³/mol. The van der Waals surface area contributed by atoms with Crippen LogP contribution in [0.15, 0.2) is 23.3 Å². The summed E-state index contributed by atoms with van der Waals surface area (Å²) in [5, 5.41) is 7.66. The number of aromatic nitrogens is 1. The largest absolute Gasteiger partial charge is 0.379 e. The molecule has 3 rings (SSSR count). The number of halogens is 2. The van der Waals surface area contributed by atoms with Crippen molar-refractivity contribution in [3.63, 3.8) is 0 Å². The van der Waals surface area contributed by atoms with Crippen LogP contribution in [0.4, 0.5) is 5.82 Å². The minimum atomic E-state index is 0. The van der Waals surface area contributed by atoms with Crippen LogP contribution >= 0.6 is 35.6 Å². The second-order valence-corrected chi connectivity index (χ2v) is 7.71. The van der Waals surface area contributed by atoms with Crippen molar-refractivity contribution in [2.45, 2.75) is 32.2 Å². The van der Waals surface area contributed by atoms with Gasteiger partial charge < -0.3 is 20.3 Å². The van der Waals surface area contributed by atoms with Gasteiger partial charge in [-0.3, -0.25) is 9.89 Å². The summed E-state index contributed by atoms with van der Waals surface area (Å²) in [5.74, 6) is 1.78. The Kier molecular flexibility index (Phi) is 11.3. The Morgan fingerprint density at radius 1 is 1.31 bits per heavy atom. The average molecular weight is 537 g/mol. The van der Waals surface area contributed by atoms with Gasteiger partial charge in [-0.05, 0) is 44.9 Å². The van der Waals surface area contributed by atoms with Crippen LogP contribution in [0.5, 0.6) is 0 Å². The number of rotatable bonds is 8. The second kappa shape index (κ2) is 13.5. The highest BCUT2D eigenvalue weighted by atomic mass is 127. The van der Waals surface area contributed by atoms with Gasteiger partial charge in [-0.2, -0.15) is 0 Å². The highest BCUT2D eigenvalue weighted by molar-refractivity contribution is 14.0. The molecule has 2 saturated heterocycles. The molecule has 1 unspecified atom stereocenters. The molecule has 0 aromatic carbocycles. The van der Waals surface area contributed by atoms with E-state index in [0.29, 0.717) is 11.1 Å². The zero-order valence-corrected chi connectivity index (χ0v) is 20.4. The Morgan fingerprint density at radius 3 is 2.90 bits per heavy atom. The first-order chi connectivity index (χ1) is 13.8. The molecule has 3 heterocycles. The fraction of sp³-hybridized carbons (Fsp3) is 0.700. The second-order valence-electron chi connectivity index (χ2n) is 7.31. The van der Waals surface area contributed by atoms with Crippen molar-refractivity contribution in [3.8, 4) is 0 Å². The summed E-state index contributed by atoms with van der Waals surface area (Å²) in [7, 11) is 0. The normalized spacial score (nSPS) is 20.4. The highest BCUT2D eigenvalue weighted by Gasteiger charge is 2.25. The quantitative estimate of drug-likeness (QED) is 0.231. The number of pyridine rings is 1. The summed E-state index contributed by atoms with van der Waals surface area (Å²) >= 11 is 6.29. The summed E-state index contributed by atoms with van der Waals surface area (Å²) in [6.07, 6.45) is 5.13. The number of ether oxygens (including phenoxy) is 1. The van der Waals surface area contributed by atoms with Gasteiger partial charge in [-0.1, -0.05) is 11.6 Å². The zero-order valence-electron chi connectivity index (χ0n) is 17.3. The first kappa shape index (κ1) is 24.4. The van der Waals surface area contributed by atoms with Gasteiger partial charge in [0, 0.05) is 51.5 Å². The van der Waals surface area contributed by atoms with Crippen molar-refractivity contribution in [1.82, 2.24) is 20.5 Å². The van der Waals surface area contributed by atoms with E-state index in [1.807, 2.05) is 12.1 Å². The van der Waals surface area contributed by atoms with Crippen molar-refractivity contribution in [1.29, 1.82) is 0 Å². The van der Waals surface area contributed by atoms with Crippen molar-refractivity contribution < 1.29 is 4.74 Å². The number of guanidine groups is 1. The monoisotopic (exact) mass is 536 g/mol. The van der Waals surface area contributed by atoms with Gasteiger partial charge in [0.15, 0.2) is 5.96 Å². The molecule has 0 amide bonds. The molecule has 7 nitrogen and oxygen atoms in total. The van der Waals surface area contributed by atoms with Crippen LogP contribution in [0.3, 0.4) is 0 Å². The molecule has 1 atom stereocenters. The van der Waals surface area contributed by atoms with Crippen LogP contribution in [-0.2, 0) is 4.74 Å². The Bertz CT molecular complexity index is 629. The molecular formula is C20H34ClIN6O. The topological polar surface area (TPSA) is 65.0 Å². The van der Waals surface area contributed by atoms with E-state index in [0.717, 1.165) is 83.6 Å². The maximum Gasteiger partial charge on any atom is 0.191 e. The average Bonchev–Trinajstić information content (AvgIpc) is 3.17. The molecule has 2 aliphatic heterocycles. The Morgan fingerprint density at radius 2 is 2.14 bits per heavy atom. The van der Waals surface area contributed by atoms with E-state index in [2.05, 4.69) is 32.3 Å². The molecule has 0 spiro atoms. The third-order valence-corrected chi connectivity index (χ3v) is 5.46. The van der Waals surface area contributed by atoms with E-state index in [1.165, 1.54) is 6.42 Å². The van der Waals surface area contributed by atoms with Crippen molar-refractivity contribution in [3.05, 3.63) is 23.4 Å². The Hall–Kier alpha value is -0.840. The van der Waals surface area contributed by atoms with Crippen LogP contribution in [0.25, 0.3) is 0 Å². The predicted octanol–water partition coefficient (Wildman–Crippen LogP) is 2.60. The number of hydrogen-bond acceptors (Lipinski definition) is 5. The van der Waals surface area contributed by atoms with E-state index in [9.17, 15) is 0 Å². The molecule has 0 bridgehead atoms. The molecule has 2 N–H and O–H groups in total. The van der Waals surface area contributed by atoms with Crippen LogP contribution in [-0.4, -0.2) is 80.9 Å². The van der Waals surface area contributed by atoms with Gasteiger partial charge in [0.05, 0.1) is 18.2 Å². The number of anilines is 1. The summed E-state index contributed by atoms with van der Waals surface area (Å²) < 4.78 is 5.40. The van der Waals surface area contributed by atoms with E-state index < -0.39 is 0 Å². The van der Waals surface area contributed by atoms with E-state index in [4.69, 9.17) is 21.3 Å². The lowest BCUT2D eigenvalue weighted by Crippen LogP contribution is -2.44. The van der Waals surface area contributed by atoms with Gasteiger partial charge in [0.1, 0.15) is 5.82 Å². The minimum Gasteiger partial charge on any atom is -0.379 e. The van der Waals surface area contributed by atoms with E-state index >= 15 is 0 Å². The molecule has 164 valence electrons. The van der Waals surface area contributed by atoms with Crippen molar-refractivity contribution >= 4 is 47.4 Å². The van der Waals surface area contributed by atoms with Crippen LogP contribution in [0.1, 0.15) is 26.2 Å². The lowest BCUT2D eigenvalue weighted by Gasteiger charge is -2.26. The van der Waals surface area contributed by atoms with Crippen LogP contribution < -0.4 is 15.5 Å². The third kappa shape index (κ3) is 8.07. The van der Waals surface area contributed by atoms with E-state index in [-0.39, 0.29) is 24.0 Å². The third-order valence-electron chi connectivity index (χ3n) is 5.17. The summed E-state index contributed by atoms with van der Waals surface area (Å²) in [6, 6.07) is 4.11. The molecule has 29 heavy (non-hydrogen) atoms. The number of unbranched alkanes of at least 4 members (excludes halogenated alkanes) is 1. The Balaban J connectivity index is 0.00000300. The minimum absolute atomic E-state index is 0. The molecule has 0 radical (unpaired) electrons. The van der Waals surface area contributed by atoms with E-state index in [1.54, 1.807) is 6.20 Å². The first-order valence-electron chi connectivity index (χ1n) is 10.5. The van der Waals surface area contributed by atoms with Crippen molar-refractivity contribution in [2.75, 3.05) is 63.9 Å². The van der Waals surface area contributed by atoms with Gasteiger partial charge in [0.2, 0.25) is 0 Å². The van der Waals surface area contributed by atoms with Crippen molar-refractivity contribution in [2.24, 2.45) is 4.99 Å². The maximum absolute atomic E-state index is 6.29. The van der Waals surface area contributed by atoms with Crippen LogP contribution in [0.2, 0.25) is 5.02 Å². The summed E-state index contributed by atoms with van der Waals surface area (Å²) in [6.45, 7) is 10.7. The number of hydrogen-bond donors (Lipinski definition) is 2. The molecule has 1 aromatic rings. The molecule has 2 aliphatic rings. The lowest BCUT2D eigenvalue weighted by molar-refractivity contribution is 0.0373. The summed E-state index contributed by atoms with van der Waals surface area (Å²) in [4.78, 5) is 13.9. The smallest absolute Gasteiger partial charge is 0.191 e. The molecular weight excluding hydrogens is 503 g/mol. The SMILES string of the molecule is CCNC(=NCCCCN1CCOCC1)NC1CCN(c2ncccc2Cl)C1.I. The Labute approximate surface area is 196 Å². The van der Waals surface area contributed by atoms with Gasteiger partial charge in [-0.25, -0.2) is 4.98 Å². The highest BCUT2D eigenvalue weighted by Crippen LogP contribution is 2.25. The van der Waals surface area contributed by atoms with Gasteiger partial charge >= 0.3 is 0 Å². The number of morpholine rings is 1. The molecule has 9 heteroatoms. The lowest BCUT2D eigenvalue weighted by atomic mass is 10.2. The van der Waals surface area contributed by atoms with Crippen LogP contribution in [0, 0.1) is 0 Å². The fourth-order valence-electron chi connectivity index (χ4n) is 3.66. The molecule has 0 saturated carbocycles. The molecule has 0 aliphatic carbocycles. The summed E-state index contributed by atoms with van der Waals surface area (Å²) in [5.41, 5.74) is 0. The molecule has 1 aromatic heterocycles. The maximum atomic E-state index is 6.29. The van der Waals surface area contributed by atoms with Gasteiger partial charge in [0.25, 0.3) is 0 Å².